The van der Waals surface area contributed by atoms with E-state index in [2.05, 4.69) is 10.3 Å². The Morgan fingerprint density at radius 3 is 3.00 bits per heavy atom. The number of alkyl halides is 1. The molecule has 6 heteroatoms. The Kier molecular flexibility index (Phi) is 2.93. The first-order chi connectivity index (χ1) is 9.08. The smallest absolute Gasteiger partial charge is 0.222 e. The molecule has 3 rings (SSSR count). The van der Waals surface area contributed by atoms with E-state index in [-0.39, 0.29) is 23.1 Å². The highest BCUT2D eigenvalue weighted by Gasteiger charge is 2.28. The highest BCUT2D eigenvalue weighted by molar-refractivity contribution is 6.20. The maximum Gasteiger partial charge on any atom is 0.222 e. The van der Waals surface area contributed by atoms with Crippen LogP contribution >= 0.6 is 11.6 Å². The van der Waals surface area contributed by atoms with Crippen LogP contribution in [-0.2, 0) is 4.79 Å². The van der Waals surface area contributed by atoms with Gasteiger partial charge in [0.05, 0.1) is 16.9 Å². The van der Waals surface area contributed by atoms with E-state index < -0.39 is 0 Å². The first-order valence-electron chi connectivity index (χ1n) is 6.15. The fourth-order valence-electron chi connectivity index (χ4n) is 2.54. The molecule has 1 amide bonds. The van der Waals surface area contributed by atoms with Gasteiger partial charge in [0.25, 0.3) is 0 Å². The second-order valence-electron chi connectivity index (χ2n) is 4.73. The van der Waals surface area contributed by atoms with E-state index in [4.69, 9.17) is 11.6 Å². The van der Waals surface area contributed by atoms with Crippen LogP contribution in [0.25, 0.3) is 11.0 Å². The number of hydrogen-bond donors (Lipinski definition) is 1. The van der Waals surface area contributed by atoms with Crippen molar-refractivity contribution in [2.45, 2.75) is 24.8 Å². The third-order valence-corrected chi connectivity index (χ3v) is 3.57. The summed E-state index contributed by atoms with van der Waals surface area (Å²) in [5.41, 5.74) is 0.994. The van der Waals surface area contributed by atoms with Crippen LogP contribution in [0.5, 0.6) is 0 Å². The fraction of sp³-hybridized carbons (Fsp3) is 0.385. The van der Waals surface area contributed by atoms with E-state index in [9.17, 15) is 9.18 Å². The molecule has 2 aromatic rings. The number of amides is 1. The van der Waals surface area contributed by atoms with Gasteiger partial charge >= 0.3 is 0 Å². The molecule has 0 bridgehead atoms. The lowest BCUT2D eigenvalue weighted by atomic mass is 10.2. The predicted octanol–water partition coefficient (Wildman–Crippen LogP) is 2.54. The molecular formula is C13H13ClFN3O. The molecule has 0 saturated carbocycles. The Morgan fingerprint density at radius 2 is 2.37 bits per heavy atom. The summed E-state index contributed by atoms with van der Waals surface area (Å²) in [6.45, 7) is 2.32. The van der Waals surface area contributed by atoms with E-state index in [1.807, 2.05) is 4.57 Å². The summed E-state index contributed by atoms with van der Waals surface area (Å²) in [6.07, 6.45) is 0.374. The molecule has 4 nitrogen and oxygen atoms in total. The Hall–Kier alpha value is -1.62. The SMILES string of the molecule is CC(Cl)c1nc2c(F)cccc2n1C1CNC(=O)C1. The maximum atomic E-state index is 13.8. The maximum absolute atomic E-state index is 13.8. The number of para-hydroxylation sites is 1. The zero-order chi connectivity index (χ0) is 13.6. The average Bonchev–Trinajstić information content (AvgIpc) is 2.93. The number of fused-ring (bicyclic) bond motifs is 1. The third kappa shape index (κ3) is 1.98. The number of nitrogens with zero attached hydrogens (tertiary/aromatic N) is 2. The van der Waals surface area contributed by atoms with Crippen LogP contribution < -0.4 is 5.32 Å². The number of hydrogen-bond acceptors (Lipinski definition) is 2. The summed E-state index contributed by atoms with van der Waals surface area (Å²) < 4.78 is 15.7. The highest BCUT2D eigenvalue weighted by Crippen LogP contribution is 2.31. The number of carbonyl (C=O) groups is 1. The quantitative estimate of drug-likeness (QED) is 0.860. The van der Waals surface area contributed by atoms with Gasteiger partial charge < -0.3 is 9.88 Å². The Labute approximate surface area is 114 Å². The van der Waals surface area contributed by atoms with E-state index in [0.29, 0.717) is 29.8 Å². The first-order valence-corrected chi connectivity index (χ1v) is 6.58. The van der Waals surface area contributed by atoms with Crippen molar-refractivity contribution >= 4 is 28.5 Å². The van der Waals surface area contributed by atoms with Crippen LogP contribution in [0.4, 0.5) is 4.39 Å². The number of aromatic nitrogens is 2. The summed E-state index contributed by atoms with van der Waals surface area (Å²) in [7, 11) is 0. The van der Waals surface area contributed by atoms with Crippen molar-refractivity contribution in [1.29, 1.82) is 0 Å². The molecule has 1 N–H and O–H groups in total. The summed E-state index contributed by atoms with van der Waals surface area (Å²) in [4.78, 5) is 15.7. The van der Waals surface area contributed by atoms with Gasteiger partial charge in [-0.05, 0) is 19.1 Å². The number of rotatable bonds is 2. The van der Waals surface area contributed by atoms with Gasteiger partial charge in [-0.15, -0.1) is 11.6 Å². The number of imidazole rings is 1. The molecule has 100 valence electrons. The monoisotopic (exact) mass is 281 g/mol. The van der Waals surface area contributed by atoms with Crippen molar-refractivity contribution < 1.29 is 9.18 Å². The summed E-state index contributed by atoms with van der Waals surface area (Å²) in [6, 6.07) is 4.76. The van der Waals surface area contributed by atoms with Gasteiger partial charge in [-0.2, -0.15) is 0 Å². The molecule has 2 heterocycles. The standard InChI is InChI=1S/C13H13ClFN3O/c1-7(14)13-17-12-9(15)3-2-4-10(12)18(13)8-5-11(19)16-6-8/h2-4,7-8H,5-6H2,1H3,(H,16,19). The highest BCUT2D eigenvalue weighted by atomic mass is 35.5. The molecule has 0 radical (unpaired) electrons. The summed E-state index contributed by atoms with van der Waals surface area (Å²) >= 11 is 6.14. The van der Waals surface area contributed by atoms with Crippen molar-refractivity contribution in [2.24, 2.45) is 0 Å². The molecule has 1 aliphatic heterocycles. The number of nitrogens with one attached hydrogen (secondary N) is 1. The summed E-state index contributed by atoms with van der Waals surface area (Å²) in [5.74, 6) is 0.229. The van der Waals surface area contributed by atoms with Gasteiger partial charge in [-0.3, -0.25) is 4.79 Å². The predicted molar refractivity (Wildman–Crippen MR) is 70.6 cm³/mol. The lowest BCUT2D eigenvalue weighted by molar-refractivity contribution is -0.119. The van der Waals surface area contributed by atoms with Gasteiger partial charge in [-0.1, -0.05) is 6.07 Å². The summed E-state index contributed by atoms with van der Waals surface area (Å²) in [5, 5.41) is 2.43. The molecule has 2 unspecified atom stereocenters. The first kappa shape index (κ1) is 12.4. The lowest BCUT2D eigenvalue weighted by Gasteiger charge is -2.15. The minimum Gasteiger partial charge on any atom is -0.354 e. The molecule has 0 spiro atoms. The van der Waals surface area contributed by atoms with Crippen molar-refractivity contribution in [3.8, 4) is 0 Å². The van der Waals surface area contributed by atoms with Crippen molar-refractivity contribution in [3.05, 3.63) is 29.8 Å². The van der Waals surface area contributed by atoms with Gasteiger partial charge in [0.15, 0.2) is 5.82 Å². The Balaban J connectivity index is 2.22. The van der Waals surface area contributed by atoms with Crippen LogP contribution in [0.2, 0.25) is 0 Å². The molecule has 1 aromatic heterocycles. The van der Waals surface area contributed by atoms with E-state index in [0.717, 1.165) is 0 Å². The second kappa shape index (κ2) is 4.49. The molecule has 2 atom stereocenters. The van der Waals surface area contributed by atoms with Crippen LogP contribution in [0.15, 0.2) is 18.2 Å². The van der Waals surface area contributed by atoms with Crippen molar-refractivity contribution in [1.82, 2.24) is 14.9 Å². The van der Waals surface area contributed by atoms with Gasteiger partial charge in [0, 0.05) is 13.0 Å². The molecule has 1 aliphatic rings. The van der Waals surface area contributed by atoms with Gasteiger partial charge in [0.2, 0.25) is 5.91 Å². The van der Waals surface area contributed by atoms with Crippen LogP contribution in [0.1, 0.15) is 30.6 Å². The molecule has 1 saturated heterocycles. The zero-order valence-electron chi connectivity index (χ0n) is 10.4. The van der Waals surface area contributed by atoms with E-state index in [1.54, 1.807) is 19.1 Å². The number of halogens is 2. The van der Waals surface area contributed by atoms with Crippen LogP contribution in [-0.4, -0.2) is 22.0 Å². The van der Waals surface area contributed by atoms with Crippen LogP contribution in [0, 0.1) is 5.82 Å². The topological polar surface area (TPSA) is 46.9 Å². The largest absolute Gasteiger partial charge is 0.354 e. The number of benzene rings is 1. The van der Waals surface area contributed by atoms with Crippen molar-refractivity contribution in [3.63, 3.8) is 0 Å². The van der Waals surface area contributed by atoms with E-state index >= 15 is 0 Å². The average molecular weight is 282 g/mol. The molecule has 1 aromatic carbocycles. The van der Waals surface area contributed by atoms with E-state index in [1.165, 1.54) is 6.07 Å². The molecule has 0 aliphatic carbocycles. The molecule has 1 fully saturated rings. The molecule has 19 heavy (non-hydrogen) atoms. The minimum atomic E-state index is -0.368. The normalized spacial score (nSPS) is 20.8. The lowest BCUT2D eigenvalue weighted by Crippen LogP contribution is -2.17. The third-order valence-electron chi connectivity index (χ3n) is 3.38. The Bertz CT molecular complexity index is 653. The second-order valence-corrected chi connectivity index (χ2v) is 5.38. The number of carbonyl (C=O) groups excluding carboxylic acids is 1. The molecular weight excluding hydrogens is 269 g/mol. The van der Waals surface area contributed by atoms with Crippen LogP contribution in [0.3, 0.4) is 0 Å². The zero-order valence-corrected chi connectivity index (χ0v) is 11.1. The minimum absolute atomic E-state index is 0.00331. The van der Waals surface area contributed by atoms with Gasteiger partial charge in [-0.25, -0.2) is 9.37 Å². The fourth-order valence-corrected chi connectivity index (χ4v) is 2.69. The van der Waals surface area contributed by atoms with Crippen molar-refractivity contribution in [2.75, 3.05) is 6.54 Å². The Morgan fingerprint density at radius 1 is 1.58 bits per heavy atom. The van der Waals surface area contributed by atoms with Gasteiger partial charge in [0.1, 0.15) is 11.3 Å².